The average Bonchev–Trinajstić information content (AvgIpc) is 3.86. The number of nitrogens with zero attached hydrogens (tertiary/aromatic N) is 1. The van der Waals surface area contributed by atoms with E-state index in [1.807, 2.05) is 17.4 Å². The van der Waals surface area contributed by atoms with Gasteiger partial charge in [0.2, 0.25) is 0 Å². The summed E-state index contributed by atoms with van der Waals surface area (Å²) in [5, 5.41) is 10.8. The van der Waals surface area contributed by atoms with Crippen LogP contribution in [-0.2, 0) is 0 Å². The maximum Gasteiger partial charge on any atom is 0.196 e. The molecule has 2 heterocycles. The van der Waals surface area contributed by atoms with Crippen LogP contribution in [0.5, 0.6) is 5.75 Å². The van der Waals surface area contributed by atoms with Gasteiger partial charge in [-0.05, 0) is 81.4 Å². The zero-order valence-electron chi connectivity index (χ0n) is 29.8. The average molecular weight is 723 g/mol. The Morgan fingerprint density at radius 2 is 1.09 bits per heavy atom. The first-order chi connectivity index (χ1) is 27.3. The van der Waals surface area contributed by atoms with Crippen molar-refractivity contribution in [1.29, 1.82) is 0 Å². The van der Waals surface area contributed by atoms with E-state index in [-0.39, 0.29) is 6.23 Å². The number of para-hydroxylation sites is 1. The van der Waals surface area contributed by atoms with E-state index < -0.39 is 0 Å². The standard InChI is InChI=1S/C51H34N2OS/c1-3-13-33(14-4-1)39-17-7-8-18-40(39)41-19-9-11-21-46(41)53(38-28-30-48-44(32-38)42-20-10-12-22-47(42)55-48)37-27-25-34-23-24-35-26-29-45-50(49(35)43(34)31-37)54-51(52-45)36-15-5-2-6-16-36/h1-32,51-52H. The van der Waals surface area contributed by atoms with Crippen molar-refractivity contribution in [3.05, 3.63) is 200 Å². The van der Waals surface area contributed by atoms with Crippen LogP contribution in [0, 0.1) is 0 Å². The van der Waals surface area contributed by atoms with Crippen LogP contribution in [0.15, 0.2) is 194 Å². The summed E-state index contributed by atoms with van der Waals surface area (Å²) in [6, 6.07) is 70.0. The number of nitrogens with one attached hydrogen (secondary N) is 1. The van der Waals surface area contributed by atoms with Crippen LogP contribution in [0.1, 0.15) is 11.8 Å². The molecule has 0 saturated carbocycles. The summed E-state index contributed by atoms with van der Waals surface area (Å²) in [4.78, 5) is 2.44. The lowest BCUT2D eigenvalue weighted by Gasteiger charge is -2.29. The van der Waals surface area contributed by atoms with Gasteiger partial charge in [0.1, 0.15) is 0 Å². The highest BCUT2D eigenvalue weighted by Gasteiger charge is 2.27. The van der Waals surface area contributed by atoms with Crippen molar-refractivity contribution in [1.82, 2.24) is 0 Å². The summed E-state index contributed by atoms with van der Waals surface area (Å²) in [7, 11) is 0. The largest absolute Gasteiger partial charge is 0.464 e. The fourth-order valence-electron chi connectivity index (χ4n) is 8.31. The Bertz CT molecular complexity index is 3060. The van der Waals surface area contributed by atoms with Crippen LogP contribution in [0.2, 0.25) is 0 Å². The number of anilines is 4. The number of thiophene rings is 1. The highest BCUT2D eigenvalue weighted by Crippen LogP contribution is 2.49. The fraction of sp³-hybridized carbons (Fsp3) is 0.0196. The summed E-state index contributed by atoms with van der Waals surface area (Å²) >= 11 is 1.85. The van der Waals surface area contributed by atoms with Gasteiger partial charge in [0.25, 0.3) is 0 Å². The molecule has 0 fully saturated rings. The molecule has 1 aromatic heterocycles. The Balaban J connectivity index is 1.15. The van der Waals surface area contributed by atoms with Crippen LogP contribution in [0.25, 0.3) is 64.0 Å². The zero-order chi connectivity index (χ0) is 36.3. The normalized spacial score (nSPS) is 13.6. The van der Waals surface area contributed by atoms with Gasteiger partial charge in [0, 0.05) is 48.1 Å². The topological polar surface area (TPSA) is 24.5 Å². The Labute approximate surface area is 323 Å². The van der Waals surface area contributed by atoms with E-state index in [1.54, 1.807) is 0 Å². The van der Waals surface area contributed by atoms with Crippen molar-refractivity contribution in [3.8, 4) is 28.0 Å². The van der Waals surface area contributed by atoms with Crippen molar-refractivity contribution in [2.24, 2.45) is 0 Å². The van der Waals surface area contributed by atoms with Crippen molar-refractivity contribution < 1.29 is 4.74 Å². The maximum atomic E-state index is 6.77. The molecule has 9 aromatic carbocycles. The van der Waals surface area contributed by atoms with Gasteiger partial charge in [0.05, 0.1) is 11.4 Å². The molecule has 4 heteroatoms. The highest BCUT2D eigenvalue weighted by atomic mass is 32.1. The third kappa shape index (κ3) is 5.33. The Morgan fingerprint density at radius 1 is 0.473 bits per heavy atom. The molecular weight excluding hydrogens is 689 g/mol. The molecule has 55 heavy (non-hydrogen) atoms. The maximum absolute atomic E-state index is 6.77. The summed E-state index contributed by atoms with van der Waals surface area (Å²) < 4.78 is 9.35. The van der Waals surface area contributed by atoms with E-state index in [0.29, 0.717) is 0 Å². The minimum atomic E-state index is -0.250. The van der Waals surface area contributed by atoms with Crippen LogP contribution >= 0.6 is 11.3 Å². The van der Waals surface area contributed by atoms with Crippen molar-refractivity contribution in [3.63, 3.8) is 0 Å². The smallest absolute Gasteiger partial charge is 0.196 e. The lowest BCUT2D eigenvalue weighted by atomic mass is 9.93. The van der Waals surface area contributed by atoms with Crippen molar-refractivity contribution >= 4 is 75.8 Å². The molecule has 0 spiro atoms. The predicted molar refractivity (Wildman–Crippen MR) is 233 cm³/mol. The lowest BCUT2D eigenvalue weighted by Crippen LogP contribution is -2.11. The van der Waals surface area contributed by atoms with Gasteiger partial charge >= 0.3 is 0 Å². The Kier molecular flexibility index (Phi) is 7.42. The van der Waals surface area contributed by atoms with E-state index in [1.165, 1.54) is 42.2 Å². The van der Waals surface area contributed by atoms with Crippen molar-refractivity contribution in [2.45, 2.75) is 6.23 Å². The first-order valence-electron chi connectivity index (χ1n) is 18.7. The molecular formula is C51H34N2OS. The molecule has 1 atom stereocenters. The molecule has 0 radical (unpaired) electrons. The van der Waals surface area contributed by atoms with Crippen LogP contribution in [0.3, 0.4) is 0 Å². The molecule has 1 aliphatic heterocycles. The summed E-state index contributed by atoms with van der Waals surface area (Å²) in [6.07, 6.45) is -0.250. The number of fused-ring (bicyclic) bond motifs is 8. The third-order valence-corrected chi connectivity index (χ3v) is 12.0. The molecule has 3 nitrogen and oxygen atoms in total. The highest BCUT2D eigenvalue weighted by molar-refractivity contribution is 7.25. The van der Waals surface area contributed by atoms with Gasteiger partial charge in [-0.15, -0.1) is 11.3 Å². The van der Waals surface area contributed by atoms with Gasteiger partial charge in [-0.2, -0.15) is 0 Å². The Hall–Kier alpha value is -6.88. The molecule has 1 unspecified atom stereocenters. The first kappa shape index (κ1) is 31.6. The van der Waals surface area contributed by atoms with Crippen LogP contribution in [-0.4, -0.2) is 0 Å². The molecule has 11 rings (SSSR count). The van der Waals surface area contributed by atoms with E-state index in [2.05, 4.69) is 198 Å². The monoisotopic (exact) mass is 722 g/mol. The van der Waals surface area contributed by atoms with E-state index in [9.17, 15) is 0 Å². The molecule has 1 N–H and O–H groups in total. The molecule has 0 bridgehead atoms. The van der Waals surface area contributed by atoms with Gasteiger partial charge < -0.3 is 15.0 Å². The number of hydrogen-bond acceptors (Lipinski definition) is 4. The molecule has 10 aromatic rings. The van der Waals surface area contributed by atoms with E-state index >= 15 is 0 Å². The lowest BCUT2D eigenvalue weighted by molar-refractivity contribution is 0.263. The minimum absolute atomic E-state index is 0.250. The Morgan fingerprint density at radius 3 is 1.95 bits per heavy atom. The second-order valence-electron chi connectivity index (χ2n) is 14.1. The summed E-state index contributed by atoms with van der Waals surface area (Å²) in [5.41, 5.74) is 10.1. The number of hydrogen-bond donors (Lipinski definition) is 1. The first-order valence-corrected chi connectivity index (χ1v) is 19.5. The van der Waals surface area contributed by atoms with Gasteiger partial charge in [-0.1, -0.05) is 146 Å². The van der Waals surface area contributed by atoms with E-state index in [0.717, 1.165) is 55.8 Å². The van der Waals surface area contributed by atoms with E-state index in [4.69, 9.17) is 4.74 Å². The van der Waals surface area contributed by atoms with Gasteiger partial charge in [-0.3, -0.25) is 0 Å². The zero-order valence-corrected chi connectivity index (χ0v) is 30.6. The SMILES string of the molecule is c1ccc(-c2ccccc2-c2ccccc2N(c2ccc3sc4ccccc4c3c2)c2ccc3ccc4ccc5c(c4c3c2)OC(c2ccccc2)N5)cc1. The summed E-state index contributed by atoms with van der Waals surface area (Å²) in [5.74, 6) is 0.893. The second kappa shape index (κ2) is 12.9. The number of ether oxygens (including phenoxy) is 1. The molecule has 0 amide bonds. The second-order valence-corrected chi connectivity index (χ2v) is 15.2. The third-order valence-electron chi connectivity index (χ3n) is 10.9. The van der Waals surface area contributed by atoms with Crippen molar-refractivity contribution in [2.75, 3.05) is 10.2 Å². The minimum Gasteiger partial charge on any atom is -0.464 e. The van der Waals surface area contributed by atoms with Gasteiger partial charge in [0.15, 0.2) is 12.0 Å². The molecule has 260 valence electrons. The number of rotatable bonds is 6. The van der Waals surface area contributed by atoms with Crippen LogP contribution in [0.4, 0.5) is 22.7 Å². The number of benzene rings is 9. The fourth-order valence-corrected chi connectivity index (χ4v) is 9.39. The van der Waals surface area contributed by atoms with Crippen LogP contribution < -0.4 is 15.0 Å². The molecule has 0 aliphatic carbocycles. The quantitative estimate of drug-likeness (QED) is 0.173. The summed E-state index contributed by atoms with van der Waals surface area (Å²) in [6.45, 7) is 0. The van der Waals surface area contributed by atoms with Gasteiger partial charge in [-0.25, -0.2) is 0 Å². The molecule has 0 saturated heterocycles. The predicted octanol–water partition coefficient (Wildman–Crippen LogP) is 14.7. The molecule has 1 aliphatic rings.